The van der Waals surface area contributed by atoms with Gasteiger partial charge in [-0.25, -0.2) is 4.79 Å². The van der Waals surface area contributed by atoms with Crippen molar-refractivity contribution >= 4 is 22.8 Å². The molecular weight excluding hydrogens is 406 g/mol. The molecule has 1 aliphatic heterocycles. The van der Waals surface area contributed by atoms with E-state index in [1.807, 2.05) is 41.3 Å². The minimum Gasteiger partial charge on any atom is -0.497 e. The van der Waals surface area contributed by atoms with Crippen LogP contribution in [0.2, 0.25) is 0 Å². The van der Waals surface area contributed by atoms with E-state index in [0.29, 0.717) is 39.1 Å². The third-order valence-corrected chi connectivity index (χ3v) is 6.68. The molecule has 1 aromatic heterocycles. The SMILES string of the molecule is COc1ccc(-c2ccc3c(c2)c2c(n3C(N)=O)CCC(C(=O)N3CCOCC3)C2)cc1. The zero-order valence-corrected chi connectivity index (χ0v) is 18.2. The highest BCUT2D eigenvalue weighted by molar-refractivity contribution is 5.97. The van der Waals surface area contributed by atoms with Crippen molar-refractivity contribution < 1.29 is 19.1 Å². The maximum absolute atomic E-state index is 13.1. The summed E-state index contributed by atoms with van der Waals surface area (Å²) in [5, 5.41) is 0.992. The molecule has 0 bridgehead atoms. The number of carbonyl (C=O) groups excluding carboxylic acids is 2. The molecule has 3 aromatic rings. The number of rotatable bonds is 3. The lowest BCUT2D eigenvalue weighted by Gasteiger charge is -2.32. The van der Waals surface area contributed by atoms with Gasteiger partial charge in [-0.2, -0.15) is 0 Å². The Bertz CT molecular complexity index is 1180. The monoisotopic (exact) mass is 433 g/mol. The van der Waals surface area contributed by atoms with E-state index in [4.69, 9.17) is 15.2 Å². The first-order valence-electron chi connectivity index (χ1n) is 11.0. The van der Waals surface area contributed by atoms with Gasteiger partial charge in [0.15, 0.2) is 0 Å². The van der Waals surface area contributed by atoms with Gasteiger partial charge in [0.2, 0.25) is 5.91 Å². The van der Waals surface area contributed by atoms with Gasteiger partial charge in [-0.1, -0.05) is 18.2 Å². The Balaban J connectivity index is 1.54. The van der Waals surface area contributed by atoms with Crippen LogP contribution in [0.4, 0.5) is 4.79 Å². The summed E-state index contributed by atoms with van der Waals surface area (Å²) < 4.78 is 12.3. The molecule has 1 aliphatic carbocycles. The second kappa shape index (κ2) is 8.31. The standard InChI is InChI=1S/C25H27N3O4/c1-31-19-6-2-16(3-7-19)17-4-8-22-20(14-17)21-15-18(5-9-23(21)28(22)25(26)30)24(29)27-10-12-32-13-11-27/h2-4,6-8,14,18H,5,9-13,15H2,1H3,(H2,26,30). The van der Waals surface area contributed by atoms with Crippen LogP contribution in [0.1, 0.15) is 17.7 Å². The van der Waals surface area contributed by atoms with E-state index in [0.717, 1.165) is 45.5 Å². The largest absolute Gasteiger partial charge is 0.497 e. The number of benzene rings is 2. The molecule has 7 nitrogen and oxygen atoms in total. The summed E-state index contributed by atoms with van der Waals surface area (Å²) in [6, 6.07) is 13.5. The van der Waals surface area contributed by atoms with Crippen molar-refractivity contribution in [1.82, 2.24) is 9.47 Å². The Kier molecular flexibility index (Phi) is 5.35. The van der Waals surface area contributed by atoms with Gasteiger partial charge in [0, 0.05) is 30.1 Å². The molecule has 166 valence electrons. The zero-order valence-electron chi connectivity index (χ0n) is 18.2. The van der Waals surface area contributed by atoms with Crippen molar-refractivity contribution in [1.29, 1.82) is 0 Å². The molecule has 1 fully saturated rings. The highest BCUT2D eigenvalue weighted by Gasteiger charge is 2.33. The number of primary amides is 1. The van der Waals surface area contributed by atoms with Crippen molar-refractivity contribution in [3.05, 3.63) is 53.7 Å². The summed E-state index contributed by atoms with van der Waals surface area (Å²) in [5.74, 6) is 0.902. The van der Waals surface area contributed by atoms with Gasteiger partial charge in [-0.15, -0.1) is 0 Å². The van der Waals surface area contributed by atoms with E-state index in [-0.39, 0.29) is 11.8 Å². The second-order valence-electron chi connectivity index (χ2n) is 8.44. The lowest BCUT2D eigenvalue weighted by atomic mass is 9.85. The third kappa shape index (κ3) is 3.52. The number of amides is 2. The molecule has 2 aromatic carbocycles. The fourth-order valence-corrected chi connectivity index (χ4v) is 5.03. The summed E-state index contributed by atoms with van der Waals surface area (Å²) in [7, 11) is 1.65. The number of morpholine rings is 1. The molecule has 7 heteroatoms. The van der Waals surface area contributed by atoms with Crippen LogP contribution in [0.5, 0.6) is 5.75 Å². The van der Waals surface area contributed by atoms with Crippen LogP contribution in [-0.2, 0) is 22.4 Å². The Hall–Kier alpha value is -3.32. The van der Waals surface area contributed by atoms with Gasteiger partial charge < -0.3 is 20.1 Å². The van der Waals surface area contributed by atoms with E-state index in [1.165, 1.54) is 0 Å². The molecule has 1 atom stereocenters. The average Bonchev–Trinajstić information content (AvgIpc) is 3.17. The first-order chi connectivity index (χ1) is 15.6. The predicted molar refractivity (Wildman–Crippen MR) is 122 cm³/mol. The Labute approximate surface area is 186 Å². The van der Waals surface area contributed by atoms with Gasteiger partial charge in [-0.3, -0.25) is 9.36 Å². The first-order valence-corrected chi connectivity index (χ1v) is 11.0. The number of nitrogens with zero attached hydrogens (tertiary/aromatic N) is 2. The van der Waals surface area contributed by atoms with Gasteiger partial charge in [0.25, 0.3) is 0 Å². The van der Waals surface area contributed by atoms with E-state index in [9.17, 15) is 9.59 Å². The number of hydrogen-bond donors (Lipinski definition) is 1. The number of hydrogen-bond acceptors (Lipinski definition) is 4. The Morgan fingerprint density at radius 3 is 2.47 bits per heavy atom. The molecule has 0 radical (unpaired) electrons. The highest BCUT2D eigenvalue weighted by atomic mass is 16.5. The van der Waals surface area contributed by atoms with Crippen molar-refractivity contribution in [2.45, 2.75) is 19.3 Å². The highest BCUT2D eigenvalue weighted by Crippen LogP contribution is 2.37. The molecule has 32 heavy (non-hydrogen) atoms. The molecule has 2 aliphatic rings. The molecule has 0 spiro atoms. The van der Waals surface area contributed by atoms with Crippen molar-refractivity contribution in [2.75, 3.05) is 33.4 Å². The van der Waals surface area contributed by atoms with Gasteiger partial charge >= 0.3 is 6.03 Å². The maximum Gasteiger partial charge on any atom is 0.323 e. The number of methoxy groups -OCH3 is 1. The minimum atomic E-state index is -0.480. The van der Waals surface area contributed by atoms with Crippen molar-refractivity contribution in [3.8, 4) is 16.9 Å². The van der Waals surface area contributed by atoms with Crippen molar-refractivity contribution in [2.24, 2.45) is 11.7 Å². The van der Waals surface area contributed by atoms with E-state index < -0.39 is 6.03 Å². The molecular formula is C25H27N3O4. The van der Waals surface area contributed by atoms with Crippen LogP contribution in [0.3, 0.4) is 0 Å². The van der Waals surface area contributed by atoms with Gasteiger partial charge in [0.05, 0.1) is 25.8 Å². The number of carbonyl (C=O) groups is 2. The lowest BCUT2D eigenvalue weighted by Crippen LogP contribution is -2.45. The Morgan fingerprint density at radius 1 is 1.06 bits per heavy atom. The van der Waals surface area contributed by atoms with E-state index in [2.05, 4.69) is 6.07 Å². The summed E-state index contributed by atoms with van der Waals surface area (Å²) >= 11 is 0. The number of aromatic nitrogens is 1. The van der Waals surface area contributed by atoms with Crippen LogP contribution in [-0.4, -0.2) is 54.8 Å². The maximum atomic E-state index is 13.1. The van der Waals surface area contributed by atoms with Crippen LogP contribution >= 0.6 is 0 Å². The number of nitrogens with two attached hydrogens (primary N) is 1. The average molecular weight is 434 g/mol. The molecule has 0 saturated carbocycles. The summed E-state index contributed by atoms with van der Waals surface area (Å²) in [4.78, 5) is 27.4. The molecule has 1 unspecified atom stereocenters. The number of fused-ring (bicyclic) bond motifs is 3. The smallest absolute Gasteiger partial charge is 0.323 e. The topological polar surface area (TPSA) is 86.8 Å². The summed E-state index contributed by atoms with van der Waals surface area (Å²) in [6.45, 7) is 2.48. The normalized spacial score (nSPS) is 18.4. The molecule has 5 rings (SSSR count). The first kappa shape index (κ1) is 20.6. The minimum absolute atomic E-state index is 0.0860. The number of ether oxygens (including phenoxy) is 2. The van der Waals surface area contributed by atoms with Crippen LogP contribution < -0.4 is 10.5 Å². The fourth-order valence-electron chi connectivity index (χ4n) is 5.03. The molecule has 2 heterocycles. The molecule has 2 amide bonds. The van der Waals surface area contributed by atoms with Gasteiger partial charge in [-0.05, 0) is 60.2 Å². The van der Waals surface area contributed by atoms with Crippen molar-refractivity contribution in [3.63, 3.8) is 0 Å². The molecule has 2 N–H and O–H groups in total. The van der Waals surface area contributed by atoms with Crippen LogP contribution in [0.15, 0.2) is 42.5 Å². The van der Waals surface area contributed by atoms with E-state index >= 15 is 0 Å². The summed E-state index contributed by atoms with van der Waals surface area (Å²) in [5.41, 5.74) is 10.7. The van der Waals surface area contributed by atoms with Crippen LogP contribution in [0.25, 0.3) is 22.0 Å². The fraction of sp³-hybridized carbons (Fsp3) is 0.360. The Morgan fingerprint density at radius 2 is 1.78 bits per heavy atom. The quantitative estimate of drug-likeness (QED) is 0.687. The predicted octanol–water partition coefficient (Wildman–Crippen LogP) is 3.21. The second-order valence-corrected chi connectivity index (χ2v) is 8.44. The third-order valence-electron chi connectivity index (χ3n) is 6.68. The van der Waals surface area contributed by atoms with Crippen LogP contribution in [0, 0.1) is 5.92 Å². The summed E-state index contributed by atoms with van der Waals surface area (Å²) in [6.07, 6.45) is 2.00. The van der Waals surface area contributed by atoms with E-state index in [1.54, 1.807) is 11.7 Å². The molecule has 1 saturated heterocycles. The zero-order chi connectivity index (χ0) is 22.2. The van der Waals surface area contributed by atoms with Gasteiger partial charge in [0.1, 0.15) is 5.75 Å². The lowest BCUT2D eigenvalue weighted by molar-refractivity contribution is -0.140.